The standard InChI is InChI=1S/C12H24FNO3/c1-9(13)10(2)16-8-7-14(6)11(15)17-12(3,4)5/h9-10H,7-8H2,1-6H3/t9?,10-/m0/s1. The summed E-state index contributed by atoms with van der Waals surface area (Å²) in [6.07, 6.45) is -1.87. The molecular weight excluding hydrogens is 225 g/mol. The fraction of sp³-hybridized carbons (Fsp3) is 0.917. The summed E-state index contributed by atoms with van der Waals surface area (Å²) >= 11 is 0. The molecule has 0 spiro atoms. The van der Waals surface area contributed by atoms with Crippen LogP contribution in [0, 0.1) is 0 Å². The molecule has 0 rings (SSSR count). The third-order valence-corrected chi connectivity index (χ3v) is 2.16. The number of ether oxygens (including phenoxy) is 2. The van der Waals surface area contributed by atoms with Crippen LogP contribution >= 0.6 is 0 Å². The third kappa shape index (κ3) is 7.96. The molecule has 5 heteroatoms. The van der Waals surface area contributed by atoms with Gasteiger partial charge in [0.2, 0.25) is 0 Å². The normalized spacial score (nSPS) is 15.2. The monoisotopic (exact) mass is 249 g/mol. The smallest absolute Gasteiger partial charge is 0.410 e. The second-order valence-corrected chi connectivity index (χ2v) is 5.16. The maximum Gasteiger partial charge on any atom is 0.410 e. The Morgan fingerprint density at radius 3 is 2.29 bits per heavy atom. The SMILES string of the molecule is CC(F)[C@H](C)OCCN(C)C(=O)OC(C)(C)C. The van der Waals surface area contributed by atoms with Gasteiger partial charge in [0.15, 0.2) is 0 Å². The average molecular weight is 249 g/mol. The zero-order valence-corrected chi connectivity index (χ0v) is 11.6. The highest BCUT2D eigenvalue weighted by atomic mass is 19.1. The highest BCUT2D eigenvalue weighted by molar-refractivity contribution is 5.67. The van der Waals surface area contributed by atoms with E-state index in [4.69, 9.17) is 9.47 Å². The lowest BCUT2D eigenvalue weighted by molar-refractivity contribution is -0.00270. The average Bonchev–Trinajstić information content (AvgIpc) is 2.14. The maximum atomic E-state index is 12.8. The molecule has 102 valence electrons. The number of carbonyl (C=O) groups excluding carboxylic acids is 1. The van der Waals surface area contributed by atoms with Gasteiger partial charge in [0, 0.05) is 13.6 Å². The topological polar surface area (TPSA) is 38.8 Å². The first-order chi connectivity index (χ1) is 7.63. The van der Waals surface area contributed by atoms with Gasteiger partial charge >= 0.3 is 6.09 Å². The molecule has 0 aromatic heterocycles. The molecule has 0 heterocycles. The van der Waals surface area contributed by atoms with Crippen LogP contribution in [-0.2, 0) is 9.47 Å². The molecule has 1 unspecified atom stereocenters. The van der Waals surface area contributed by atoms with Gasteiger partial charge in [0.25, 0.3) is 0 Å². The van der Waals surface area contributed by atoms with Gasteiger partial charge in [-0.15, -0.1) is 0 Å². The summed E-state index contributed by atoms with van der Waals surface area (Å²) in [5, 5.41) is 0. The van der Waals surface area contributed by atoms with Crippen molar-refractivity contribution < 1.29 is 18.7 Å². The number of carbonyl (C=O) groups is 1. The molecule has 17 heavy (non-hydrogen) atoms. The van der Waals surface area contributed by atoms with Crippen LogP contribution in [0.3, 0.4) is 0 Å². The van der Waals surface area contributed by atoms with Crippen molar-refractivity contribution in [2.45, 2.75) is 52.5 Å². The molecule has 0 bridgehead atoms. The van der Waals surface area contributed by atoms with Gasteiger partial charge in [-0.25, -0.2) is 9.18 Å². The van der Waals surface area contributed by atoms with E-state index in [1.54, 1.807) is 14.0 Å². The second-order valence-electron chi connectivity index (χ2n) is 5.16. The van der Waals surface area contributed by atoms with E-state index >= 15 is 0 Å². The van der Waals surface area contributed by atoms with Crippen molar-refractivity contribution in [2.75, 3.05) is 20.2 Å². The number of alkyl halides is 1. The molecule has 2 atom stereocenters. The first kappa shape index (κ1) is 16.2. The van der Waals surface area contributed by atoms with Crippen LogP contribution in [0.15, 0.2) is 0 Å². The summed E-state index contributed by atoms with van der Waals surface area (Å²) in [5.41, 5.74) is -0.507. The second kappa shape index (κ2) is 6.79. The molecule has 0 aromatic carbocycles. The highest BCUT2D eigenvalue weighted by Crippen LogP contribution is 2.09. The van der Waals surface area contributed by atoms with Crippen molar-refractivity contribution in [3.8, 4) is 0 Å². The predicted octanol–water partition coefficient (Wildman–Crippen LogP) is 2.62. The van der Waals surface area contributed by atoms with Gasteiger partial charge in [-0.1, -0.05) is 0 Å². The van der Waals surface area contributed by atoms with Gasteiger partial charge in [0.05, 0.1) is 12.7 Å². The number of rotatable bonds is 5. The van der Waals surface area contributed by atoms with E-state index in [-0.39, 0.29) is 0 Å². The van der Waals surface area contributed by atoms with Crippen molar-refractivity contribution in [3.63, 3.8) is 0 Å². The maximum absolute atomic E-state index is 12.8. The van der Waals surface area contributed by atoms with E-state index in [9.17, 15) is 9.18 Å². The number of hydrogen-bond donors (Lipinski definition) is 0. The first-order valence-electron chi connectivity index (χ1n) is 5.83. The van der Waals surface area contributed by atoms with Crippen molar-refractivity contribution in [1.29, 1.82) is 0 Å². The predicted molar refractivity (Wildman–Crippen MR) is 64.8 cm³/mol. The molecule has 4 nitrogen and oxygen atoms in total. The number of likely N-dealkylation sites (N-methyl/N-ethyl adjacent to an activating group) is 1. The van der Waals surface area contributed by atoms with Crippen molar-refractivity contribution in [1.82, 2.24) is 4.90 Å². The fourth-order valence-corrected chi connectivity index (χ4v) is 0.939. The lowest BCUT2D eigenvalue weighted by Gasteiger charge is -2.25. The van der Waals surface area contributed by atoms with Crippen molar-refractivity contribution in [3.05, 3.63) is 0 Å². The molecule has 0 saturated carbocycles. The third-order valence-electron chi connectivity index (χ3n) is 2.16. The highest BCUT2D eigenvalue weighted by Gasteiger charge is 2.19. The molecular formula is C12H24FNO3. The molecule has 0 fully saturated rings. The van der Waals surface area contributed by atoms with E-state index in [2.05, 4.69) is 0 Å². The lowest BCUT2D eigenvalue weighted by Crippen LogP contribution is -2.36. The minimum atomic E-state index is -1.01. The van der Waals surface area contributed by atoms with E-state index in [1.165, 1.54) is 11.8 Å². The van der Waals surface area contributed by atoms with Gasteiger partial charge < -0.3 is 14.4 Å². The minimum absolute atomic E-state index is 0.297. The first-order valence-corrected chi connectivity index (χ1v) is 5.83. The van der Waals surface area contributed by atoms with Crippen LogP contribution in [0.1, 0.15) is 34.6 Å². The van der Waals surface area contributed by atoms with Gasteiger partial charge in [-0.2, -0.15) is 0 Å². The summed E-state index contributed by atoms with van der Waals surface area (Å²) in [4.78, 5) is 13.0. The molecule has 0 N–H and O–H groups in total. The van der Waals surface area contributed by atoms with Gasteiger partial charge in [-0.3, -0.25) is 0 Å². The van der Waals surface area contributed by atoms with Crippen LogP contribution in [0.25, 0.3) is 0 Å². The van der Waals surface area contributed by atoms with Crippen LogP contribution in [0.2, 0.25) is 0 Å². The molecule has 0 aliphatic heterocycles. The Balaban J connectivity index is 3.87. The largest absolute Gasteiger partial charge is 0.444 e. The number of nitrogens with zero attached hydrogens (tertiary/aromatic N) is 1. The van der Waals surface area contributed by atoms with Crippen LogP contribution in [-0.4, -0.2) is 49.1 Å². The Labute approximate surface area is 103 Å². The van der Waals surface area contributed by atoms with Crippen LogP contribution in [0.4, 0.5) is 9.18 Å². The summed E-state index contributed by atoms with van der Waals surface area (Å²) in [7, 11) is 1.63. The summed E-state index contributed by atoms with van der Waals surface area (Å²) in [5.74, 6) is 0. The zero-order valence-electron chi connectivity index (χ0n) is 11.6. The summed E-state index contributed by atoms with van der Waals surface area (Å²) < 4.78 is 23.2. The Hall–Kier alpha value is -0.840. The Bertz CT molecular complexity index is 238. The number of halogens is 1. The summed E-state index contributed by atoms with van der Waals surface area (Å²) in [6.45, 7) is 9.21. The Kier molecular flexibility index (Phi) is 6.45. The Morgan fingerprint density at radius 2 is 1.88 bits per heavy atom. The van der Waals surface area contributed by atoms with Gasteiger partial charge in [-0.05, 0) is 34.6 Å². The van der Waals surface area contributed by atoms with Crippen molar-refractivity contribution >= 4 is 6.09 Å². The molecule has 1 amide bonds. The molecule has 0 aliphatic rings. The van der Waals surface area contributed by atoms with E-state index in [0.29, 0.717) is 13.2 Å². The molecule has 0 radical (unpaired) electrons. The lowest BCUT2D eigenvalue weighted by atomic mass is 10.2. The molecule has 0 saturated heterocycles. The number of amides is 1. The summed E-state index contributed by atoms with van der Waals surface area (Å²) in [6, 6.07) is 0. The van der Waals surface area contributed by atoms with Crippen molar-refractivity contribution in [2.24, 2.45) is 0 Å². The minimum Gasteiger partial charge on any atom is -0.444 e. The van der Waals surface area contributed by atoms with Crippen LogP contribution in [0.5, 0.6) is 0 Å². The molecule has 0 aromatic rings. The zero-order chi connectivity index (χ0) is 13.6. The quantitative estimate of drug-likeness (QED) is 0.751. The van der Waals surface area contributed by atoms with E-state index < -0.39 is 24.0 Å². The Morgan fingerprint density at radius 1 is 1.35 bits per heavy atom. The molecule has 0 aliphatic carbocycles. The van der Waals surface area contributed by atoms with E-state index in [0.717, 1.165) is 0 Å². The van der Waals surface area contributed by atoms with Gasteiger partial charge in [0.1, 0.15) is 11.8 Å². The number of hydrogen-bond acceptors (Lipinski definition) is 3. The van der Waals surface area contributed by atoms with E-state index in [1.807, 2.05) is 20.8 Å². The van der Waals surface area contributed by atoms with Crippen LogP contribution < -0.4 is 0 Å². The fourth-order valence-electron chi connectivity index (χ4n) is 0.939.